The van der Waals surface area contributed by atoms with Gasteiger partial charge in [0.15, 0.2) is 0 Å². The smallest absolute Gasteiger partial charge is 0.328 e. The van der Waals surface area contributed by atoms with E-state index in [2.05, 4.69) is 0 Å². The van der Waals surface area contributed by atoms with E-state index in [-0.39, 0.29) is 17.9 Å². The van der Waals surface area contributed by atoms with Gasteiger partial charge >= 0.3 is 5.97 Å². The molecular formula is C15H18FNO4. The number of amides is 1. The highest BCUT2D eigenvalue weighted by Gasteiger charge is 2.34. The van der Waals surface area contributed by atoms with Crippen LogP contribution < -0.4 is 0 Å². The maximum atomic E-state index is 13.8. The summed E-state index contributed by atoms with van der Waals surface area (Å²) in [6.07, 6.45) is 2.11. The Morgan fingerprint density at radius 2 is 2.19 bits per heavy atom. The zero-order valence-electron chi connectivity index (χ0n) is 11.8. The van der Waals surface area contributed by atoms with Crippen LogP contribution in [0.25, 0.3) is 0 Å². The number of rotatable bonds is 3. The lowest BCUT2D eigenvalue weighted by Gasteiger charge is -2.34. The predicted molar refractivity (Wildman–Crippen MR) is 73.4 cm³/mol. The molecule has 1 unspecified atom stereocenters. The molecule has 114 valence electrons. The summed E-state index contributed by atoms with van der Waals surface area (Å²) in [5.41, 5.74) is -0.149. The van der Waals surface area contributed by atoms with Gasteiger partial charge in [-0.05, 0) is 38.3 Å². The number of hydrogen-bond donors (Lipinski definition) is 1. The van der Waals surface area contributed by atoms with Gasteiger partial charge in [-0.1, -0.05) is 0 Å². The zero-order chi connectivity index (χ0) is 15.4. The molecule has 0 aliphatic carbocycles. The van der Waals surface area contributed by atoms with Crippen molar-refractivity contribution in [1.82, 2.24) is 4.90 Å². The summed E-state index contributed by atoms with van der Waals surface area (Å²) in [5, 5.41) is 9.20. The number of ether oxygens (including phenoxy) is 1. The lowest BCUT2D eigenvalue weighted by molar-refractivity contribution is -0.149. The first-order valence-electron chi connectivity index (χ1n) is 7.00. The summed E-state index contributed by atoms with van der Waals surface area (Å²) >= 11 is 0. The molecule has 0 spiro atoms. The minimum atomic E-state index is -0.798. The van der Waals surface area contributed by atoms with Crippen LogP contribution >= 0.6 is 0 Å². The van der Waals surface area contributed by atoms with Crippen molar-refractivity contribution < 1.29 is 23.8 Å². The molecule has 0 bridgehead atoms. The average molecular weight is 295 g/mol. The van der Waals surface area contributed by atoms with Gasteiger partial charge in [-0.3, -0.25) is 4.79 Å². The van der Waals surface area contributed by atoms with Crippen LogP contribution in [0.3, 0.4) is 0 Å². The van der Waals surface area contributed by atoms with E-state index in [9.17, 15) is 19.1 Å². The number of likely N-dealkylation sites (tertiary alicyclic amines) is 1. The summed E-state index contributed by atoms with van der Waals surface area (Å²) in [7, 11) is 0. The van der Waals surface area contributed by atoms with Crippen molar-refractivity contribution in [1.29, 1.82) is 0 Å². The van der Waals surface area contributed by atoms with Gasteiger partial charge in [0.05, 0.1) is 12.2 Å². The summed E-state index contributed by atoms with van der Waals surface area (Å²) in [6, 6.07) is 2.69. The molecule has 0 radical (unpaired) electrons. The second-order valence-corrected chi connectivity index (χ2v) is 4.93. The molecule has 5 nitrogen and oxygen atoms in total. The minimum absolute atomic E-state index is 0.149. The fraction of sp³-hybridized carbons (Fsp3) is 0.467. The Morgan fingerprint density at radius 1 is 1.43 bits per heavy atom. The third-order valence-corrected chi connectivity index (χ3v) is 3.51. The van der Waals surface area contributed by atoms with Gasteiger partial charge in [-0.25, -0.2) is 9.18 Å². The molecule has 1 heterocycles. The standard InChI is InChI=1S/C15H18FNO4/c1-2-21-15(20)13-5-3-4-8-17(13)14(19)11-7-6-10(18)9-12(11)16/h6-7,9,13,18H,2-5,8H2,1H3. The second kappa shape index (κ2) is 6.56. The number of phenolic OH excluding ortho intramolecular Hbond substituents is 1. The lowest BCUT2D eigenvalue weighted by Crippen LogP contribution is -2.48. The molecule has 6 heteroatoms. The molecule has 1 aliphatic heterocycles. The van der Waals surface area contributed by atoms with Crippen molar-refractivity contribution in [2.75, 3.05) is 13.2 Å². The Kier molecular flexibility index (Phi) is 4.77. The first-order valence-corrected chi connectivity index (χ1v) is 7.00. The SMILES string of the molecule is CCOC(=O)C1CCCCN1C(=O)c1ccc(O)cc1F. The number of hydrogen-bond acceptors (Lipinski definition) is 4. The van der Waals surface area contributed by atoms with Crippen LogP contribution in [-0.4, -0.2) is 41.1 Å². The summed E-state index contributed by atoms with van der Waals surface area (Å²) in [4.78, 5) is 25.7. The number of esters is 1. The number of piperidine rings is 1. The molecule has 2 rings (SSSR count). The van der Waals surface area contributed by atoms with Crippen LogP contribution in [0.4, 0.5) is 4.39 Å². The van der Waals surface area contributed by atoms with Crippen LogP contribution in [0.5, 0.6) is 5.75 Å². The number of nitrogens with zero attached hydrogens (tertiary/aromatic N) is 1. The number of aromatic hydroxyl groups is 1. The van der Waals surface area contributed by atoms with Crippen molar-refractivity contribution in [3.8, 4) is 5.75 Å². The molecule has 21 heavy (non-hydrogen) atoms. The minimum Gasteiger partial charge on any atom is -0.508 e. The van der Waals surface area contributed by atoms with E-state index < -0.39 is 23.7 Å². The van der Waals surface area contributed by atoms with Gasteiger partial charge in [0, 0.05) is 12.6 Å². The molecule has 1 saturated heterocycles. The summed E-state index contributed by atoms with van der Waals surface area (Å²) < 4.78 is 18.8. The van der Waals surface area contributed by atoms with Gasteiger partial charge in [-0.15, -0.1) is 0 Å². The molecule has 1 atom stereocenters. The third kappa shape index (κ3) is 3.32. The van der Waals surface area contributed by atoms with Gasteiger partial charge in [0.25, 0.3) is 5.91 Å². The van der Waals surface area contributed by atoms with Gasteiger partial charge in [-0.2, -0.15) is 0 Å². The molecular weight excluding hydrogens is 277 g/mol. The molecule has 1 fully saturated rings. The summed E-state index contributed by atoms with van der Waals surface area (Å²) in [6.45, 7) is 2.33. The fourth-order valence-electron chi connectivity index (χ4n) is 2.49. The quantitative estimate of drug-likeness (QED) is 0.867. The van der Waals surface area contributed by atoms with E-state index in [1.54, 1.807) is 6.92 Å². The van der Waals surface area contributed by atoms with Crippen LogP contribution in [-0.2, 0) is 9.53 Å². The number of carbonyl (C=O) groups excluding carboxylic acids is 2. The lowest BCUT2D eigenvalue weighted by atomic mass is 10.0. The first-order chi connectivity index (χ1) is 10.0. The van der Waals surface area contributed by atoms with Crippen molar-refractivity contribution in [3.63, 3.8) is 0 Å². The fourth-order valence-corrected chi connectivity index (χ4v) is 2.49. The monoisotopic (exact) mass is 295 g/mol. The van der Waals surface area contributed by atoms with Crippen molar-refractivity contribution in [2.24, 2.45) is 0 Å². The molecule has 1 N–H and O–H groups in total. The highest BCUT2D eigenvalue weighted by Crippen LogP contribution is 2.23. The molecule has 0 saturated carbocycles. The molecule has 1 aromatic carbocycles. The third-order valence-electron chi connectivity index (χ3n) is 3.51. The van der Waals surface area contributed by atoms with Crippen molar-refractivity contribution in [2.45, 2.75) is 32.2 Å². The topological polar surface area (TPSA) is 66.8 Å². The van der Waals surface area contributed by atoms with E-state index in [0.29, 0.717) is 13.0 Å². The maximum Gasteiger partial charge on any atom is 0.328 e. The first kappa shape index (κ1) is 15.3. The normalized spacial score (nSPS) is 18.4. The van der Waals surface area contributed by atoms with E-state index in [0.717, 1.165) is 18.9 Å². The van der Waals surface area contributed by atoms with E-state index >= 15 is 0 Å². The Balaban J connectivity index is 2.24. The Labute approximate surface area is 122 Å². The second-order valence-electron chi connectivity index (χ2n) is 4.93. The van der Waals surface area contributed by atoms with E-state index in [1.807, 2.05) is 0 Å². The number of carbonyl (C=O) groups is 2. The van der Waals surface area contributed by atoms with E-state index in [4.69, 9.17) is 4.74 Å². The Morgan fingerprint density at radius 3 is 2.86 bits per heavy atom. The number of benzene rings is 1. The maximum absolute atomic E-state index is 13.8. The Hall–Kier alpha value is -2.11. The average Bonchev–Trinajstić information content (AvgIpc) is 2.47. The van der Waals surface area contributed by atoms with Gasteiger partial charge in [0.1, 0.15) is 17.6 Å². The van der Waals surface area contributed by atoms with Crippen molar-refractivity contribution >= 4 is 11.9 Å². The molecule has 1 amide bonds. The molecule has 1 aromatic rings. The van der Waals surface area contributed by atoms with Crippen LogP contribution in [0.1, 0.15) is 36.5 Å². The van der Waals surface area contributed by atoms with Gasteiger partial charge in [0.2, 0.25) is 0 Å². The summed E-state index contributed by atoms with van der Waals surface area (Å²) in [5.74, 6) is -2.05. The molecule has 1 aliphatic rings. The number of phenols is 1. The van der Waals surface area contributed by atoms with Crippen LogP contribution in [0, 0.1) is 5.82 Å². The Bertz CT molecular complexity index is 546. The van der Waals surface area contributed by atoms with Crippen LogP contribution in [0.2, 0.25) is 0 Å². The van der Waals surface area contributed by atoms with Crippen LogP contribution in [0.15, 0.2) is 18.2 Å². The van der Waals surface area contributed by atoms with E-state index in [1.165, 1.54) is 17.0 Å². The van der Waals surface area contributed by atoms with Crippen molar-refractivity contribution in [3.05, 3.63) is 29.6 Å². The predicted octanol–water partition coefficient (Wildman–Crippen LogP) is 2.09. The number of halogens is 1. The largest absolute Gasteiger partial charge is 0.508 e. The highest BCUT2D eigenvalue weighted by molar-refractivity contribution is 5.97. The van der Waals surface area contributed by atoms with Gasteiger partial charge < -0.3 is 14.7 Å². The zero-order valence-corrected chi connectivity index (χ0v) is 11.8. The molecule has 0 aromatic heterocycles. The highest BCUT2D eigenvalue weighted by atomic mass is 19.1.